The molecular formula is C10H15FN2O. The first kappa shape index (κ1) is 10.8. The zero-order chi connectivity index (χ0) is 10.4. The van der Waals surface area contributed by atoms with E-state index in [0.29, 0.717) is 31.1 Å². The van der Waals surface area contributed by atoms with Crippen molar-refractivity contribution >= 4 is 11.4 Å². The monoisotopic (exact) mass is 198 g/mol. The Bertz CT molecular complexity index is 291. The van der Waals surface area contributed by atoms with Crippen LogP contribution in [0.3, 0.4) is 0 Å². The number of nitrogens with one attached hydrogen (secondary N) is 1. The molecule has 0 unspecified atom stereocenters. The summed E-state index contributed by atoms with van der Waals surface area (Å²) in [6.07, 6.45) is 0. The van der Waals surface area contributed by atoms with E-state index in [-0.39, 0.29) is 5.82 Å². The summed E-state index contributed by atoms with van der Waals surface area (Å²) < 4.78 is 17.9. The molecule has 3 nitrogen and oxygen atoms in total. The summed E-state index contributed by atoms with van der Waals surface area (Å²) in [5.74, 6) is -0.293. The van der Waals surface area contributed by atoms with Crippen LogP contribution in [0.1, 0.15) is 6.92 Å². The Kier molecular flexibility index (Phi) is 4.19. The Balaban J connectivity index is 2.45. The van der Waals surface area contributed by atoms with Gasteiger partial charge in [-0.25, -0.2) is 4.39 Å². The molecule has 0 aromatic heterocycles. The third-order valence-electron chi connectivity index (χ3n) is 1.78. The molecule has 4 heteroatoms. The highest BCUT2D eigenvalue weighted by Gasteiger charge is 1.99. The van der Waals surface area contributed by atoms with Gasteiger partial charge in [-0.05, 0) is 25.1 Å². The summed E-state index contributed by atoms with van der Waals surface area (Å²) in [5, 5.41) is 3.00. The molecule has 0 aliphatic heterocycles. The molecule has 0 atom stereocenters. The summed E-state index contributed by atoms with van der Waals surface area (Å²) in [4.78, 5) is 0. The van der Waals surface area contributed by atoms with E-state index in [1.165, 1.54) is 12.1 Å². The Hall–Kier alpha value is -1.29. The summed E-state index contributed by atoms with van der Waals surface area (Å²) in [6, 6.07) is 4.25. The van der Waals surface area contributed by atoms with Gasteiger partial charge in [0.2, 0.25) is 0 Å². The number of hydrogen-bond acceptors (Lipinski definition) is 3. The molecule has 0 amide bonds. The normalized spacial score (nSPS) is 10.1. The molecule has 1 rings (SSSR count). The zero-order valence-corrected chi connectivity index (χ0v) is 8.22. The molecule has 0 bridgehead atoms. The van der Waals surface area contributed by atoms with Crippen molar-refractivity contribution in [3.05, 3.63) is 24.0 Å². The van der Waals surface area contributed by atoms with Crippen LogP contribution < -0.4 is 11.1 Å². The number of nitrogen functional groups attached to an aromatic ring is 1. The second-order valence-electron chi connectivity index (χ2n) is 2.86. The van der Waals surface area contributed by atoms with Crippen LogP contribution in [0.25, 0.3) is 0 Å². The molecule has 0 aliphatic rings. The lowest BCUT2D eigenvalue weighted by molar-refractivity contribution is 0.158. The maximum Gasteiger partial charge on any atom is 0.125 e. The topological polar surface area (TPSA) is 47.3 Å². The van der Waals surface area contributed by atoms with Crippen LogP contribution in [-0.2, 0) is 4.74 Å². The van der Waals surface area contributed by atoms with Gasteiger partial charge in [-0.15, -0.1) is 0 Å². The molecule has 78 valence electrons. The van der Waals surface area contributed by atoms with Gasteiger partial charge in [0.05, 0.1) is 18.0 Å². The van der Waals surface area contributed by atoms with Gasteiger partial charge in [0.15, 0.2) is 0 Å². The third-order valence-corrected chi connectivity index (χ3v) is 1.78. The average Bonchev–Trinajstić information content (AvgIpc) is 2.18. The van der Waals surface area contributed by atoms with Crippen LogP contribution in [-0.4, -0.2) is 19.8 Å². The van der Waals surface area contributed by atoms with Crippen molar-refractivity contribution in [2.75, 3.05) is 30.8 Å². The number of halogens is 1. The quantitative estimate of drug-likeness (QED) is 0.560. The third kappa shape index (κ3) is 3.22. The lowest BCUT2D eigenvalue weighted by Crippen LogP contribution is -2.10. The fourth-order valence-corrected chi connectivity index (χ4v) is 1.08. The van der Waals surface area contributed by atoms with E-state index in [1.54, 1.807) is 6.07 Å². The number of benzene rings is 1. The van der Waals surface area contributed by atoms with Crippen LogP contribution >= 0.6 is 0 Å². The molecule has 3 N–H and O–H groups in total. The van der Waals surface area contributed by atoms with E-state index in [9.17, 15) is 4.39 Å². The number of anilines is 2. The highest BCUT2D eigenvalue weighted by atomic mass is 19.1. The van der Waals surface area contributed by atoms with Crippen LogP contribution in [0.5, 0.6) is 0 Å². The Morgan fingerprint density at radius 2 is 2.29 bits per heavy atom. The van der Waals surface area contributed by atoms with E-state index in [4.69, 9.17) is 10.5 Å². The van der Waals surface area contributed by atoms with Crippen molar-refractivity contribution < 1.29 is 9.13 Å². The van der Waals surface area contributed by atoms with Gasteiger partial charge in [-0.3, -0.25) is 0 Å². The maximum atomic E-state index is 12.8. The largest absolute Gasteiger partial charge is 0.397 e. The van der Waals surface area contributed by atoms with E-state index in [0.717, 1.165) is 0 Å². The summed E-state index contributed by atoms with van der Waals surface area (Å²) in [5.41, 5.74) is 6.79. The van der Waals surface area contributed by atoms with Gasteiger partial charge < -0.3 is 15.8 Å². The van der Waals surface area contributed by atoms with Gasteiger partial charge in [0.1, 0.15) is 5.82 Å². The smallest absolute Gasteiger partial charge is 0.125 e. The highest BCUT2D eigenvalue weighted by Crippen LogP contribution is 2.18. The SMILES string of the molecule is CCOCCNc1cc(F)ccc1N. The Morgan fingerprint density at radius 1 is 1.50 bits per heavy atom. The van der Waals surface area contributed by atoms with Crippen molar-refractivity contribution in [1.29, 1.82) is 0 Å². The molecule has 0 radical (unpaired) electrons. The summed E-state index contributed by atoms with van der Waals surface area (Å²) >= 11 is 0. The van der Waals surface area contributed by atoms with Crippen molar-refractivity contribution in [3.63, 3.8) is 0 Å². The molecular weight excluding hydrogens is 183 g/mol. The molecule has 0 heterocycles. The van der Waals surface area contributed by atoms with Crippen LogP contribution in [0.2, 0.25) is 0 Å². The maximum absolute atomic E-state index is 12.8. The fraction of sp³-hybridized carbons (Fsp3) is 0.400. The molecule has 0 saturated carbocycles. The van der Waals surface area contributed by atoms with Crippen LogP contribution in [0.4, 0.5) is 15.8 Å². The second-order valence-corrected chi connectivity index (χ2v) is 2.86. The van der Waals surface area contributed by atoms with E-state index in [1.807, 2.05) is 6.92 Å². The fourth-order valence-electron chi connectivity index (χ4n) is 1.08. The van der Waals surface area contributed by atoms with Gasteiger partial charge in [-0.1, -0.05) is 0 Å². The van der Waals surface area contributed by atoms with Crippen molar-refractivity contribution in [2.45, 2.75) is 6.92 Å². The highest BCUT2D eigenvalue weighted by molar-refractivity contribution is 5.65. The van der Waals surface area contributed by atoms with E-state index >= 15 is 0 Å². The first-order chi connectivity index (χ1) is 6.74. The minimum atomic E-state index is -0.293. The van der Waals surface area contributed by atoms with E-state index in [2.05, 4.69) is 5.32 Å². The molecule has 0 aliphatic carbocycles. The molecule has 14 heavy (non-hydrogen) atoms. The van der Waals surface area contributed by atoms with Gasteiger partial charge in [0, 0.05) is 13.2 Å². The molecule has 0 saturated heterocycles. The zero-order valence-electron chi connectivity index (χ0n) is 8.22. The predicted octanol–water partition coefficient (Wildman–Crippen LogP) is 1.86. The number of rotatable bonds is 5. The number of hydrogen-bond donors (Lipinski definition) is 2. The Labute approximate surface area is 83.1 Å². The minimum Gasteiger partial charge on any atom is -0.397 e. The van der Waals surface area contributed by atoms with Crippen molar-refractivity contribution in [2.24, 2.45) is 0 Å². The van der Waals surface area contributed by atoms with E-state index < -0.39 is 0 Å². The van der Waals surface area contributed by atoms with Gasteiger partial charge in [0.25, 0.3) is 0 Å². The summed E-state index contributed by atoms with van der Waals surface area (Å²) in [6.45, 7) is 3.82. The number of nitrogens with two attached hydrogens (primary N) is 1. The average molecular weight is 198 g/mol. The van der Waals surface area contributed by atoms with Gasteiger partial charge in [-0.2, -0.15) is 0 Å². The second kappa shape index (κ2) is 5.44. The molecule has 1 aromatic rings. The van der Waals surface area contributed by atoms with Crippen molar-refractivity contribution in [1.82, 2.24) is 0 Å². The Morgan fingerprint density at radius 3 is 3.00 bits per heavy atom. The first-order valence-corrected chi connectivity index (χ1v) is 4.60. The number of ether oxygens (including phenoxy) is 1. The van der Waals surface area contributed by atoms with Crippen molar-refractivity contribution in [3.8, 4) is 0 Å². The molecule has 0 spiro atoms. The lowest BCUT2D eigenvalue weighted by atomic mass is 10.2. The van der Waals surface area contributed by atoms with Crippen LogP contribution in [0, 0.1) is 5.82 Å². The first-order valence-electron chi connectivity index (χ1n) is 4.60. The predicted molar refractivity (Wildman–Crippen MR) is 55.8 cm³/mol. The molecule has 0 fully saturated rings. The minimum absolute atomic E-state index is 0.293. The lowest BCUT2D eigenvalue weighted by Gasteiger charge is -2.08. The standard InChI is InChI=1S/C10H15FN2O/c1-2-14-6-5-13-10-7-8(11)3-4-9(10)12/h3-4,7,13H,2,5-6,12H2,1H3. The van der Waals surface area contributed by atoms with Gasteiger partial charge >= 0.3 is 0 Å². The molecule has 1 aromatic carbocycles. The summed E-state index contributed by atoms with van der Waals surface area (Å²) in [7, 11) is 0. The van der Waals surface area contributed by atoms with Crippen LogP contribution in [0.15, 0.2) is 18.2 Å².